The maximum atomic E-state index is 11.9. The van der Waals surface area contributed by atoms with E-state index in [9.17, 15) is 4.79 Å². The first-order valence-corrected chi connectivity index (χ1v) is 6.06. The molecule has 0 bridgehead atoms. The summed E-state index contributed by atoms with van der Waals surface area (Å²) in [5.74, 6) is 0.661. The van der Waals surface area contributed by atoms with Crippen molar-refractivity contribution in [3.8, 4) is 5.75 Å². The number of amides is 1. The topological polar surface area (TPSA) is 50.4 Å². The molecule has 1 atom stereocenters. The highest BCUT2D eigenvalue weighted by Crippen LogP contribution is 2.29. The number of hydrogen-bond donors (Lipinski definition) is 2. The predicted molar refractivity (Wildman–Crippen MR) is 64.2 cm³/mol. The number of carbonyl (C=O) groups excluding carboxylic acids is 1. The lowest BCUT2D eigenvalue weighted by atomic mass is 9.94. The first-order chi connectivity index (χ1) is 8.29. The summed E-state index contributed by atoms with van der Waals surface area (Å²) in [5.41, 5.74) is 0.357. The van der Waals surface area contributed by atoms with Crippen LogP contribution in [0.5, 0.6) is 5.75 Å². The van der Waals surface area contributed by atoms with Gasteiger partial charge in [-0.25, -0.2) is 0 Å². The van der Waals surface area contributed by atoms with E-state index in [2.05, 4.69) is 10.6 Å². The van der Waals surface area contributed by atoms with Gasteiger partial charge in [0.2, 0.25) is 0 Å². The first-order valence-electron chi connectivity index (χ1n) is 6.06. The van der Waals surface area contributed by atoms with Crippen LogP contribution in [-0.2, 0) is 0 Å². The number of rotatable bonds is 0. The molecule has 1 spiro atoms. The molecule has 1 saturated heterocycles. The fraction of sp³-hybridized carbons (Fsp3) is 0.462. The Morgan fingerprint density at radius 1 is 1.24 bits per heavy atom. The number of nitrogens with one attached hydrogen (secondary N) is 2. The Bertz CT molecular complexity index is 439. The number of piperidine rings is 1. The number of fused-ring (bicyclic) bond motifs is 1. The van der Waals surface area contributed by atoms with Crippen molar-refractivity contribution >= 4 is 5.91 Å². The Labute approximate surface area is 100 Å². The van der Waals surface area contributed by atoms with E-state index in [1.807, 2.05) is 18.2 Å². The lowest BCUT2D eigenvalue weighted by molar-refractivity contribution is 0.0470. The van der Waals surface area contributed by atoms with Crippen molar-refractivity contribution in [2.45, 2.75) is 18.4 Å². The number of para-hydroxylation sites is 1. The average molecular weight is 232 g/mol. The number of ether oxygens (including phenoxy) is 1. The van der Waals surface area contributed by atoms with Crippen LogP contribution < -0.4 is 15.4 Å². The lowest BCUT2D eigenvalue weighted by Crippen LogP contribution is -2.55. The summed E-state index contributed by atoms with van der Waals surface area (Å²) in [6, 6.07) is 7.44. The van der Waals surface area contributed by atoms with Crippen LogP contribution in [0, 0.1) is 0 Å². The van der Waals surface area contributed by atoms with E-state index in [1.54, 1.807) is 6.07 Å². The van der Waals surface area contributed by atoms with Crippen molar-refractivity contribution in [1.82, 2.24) is 10.6 Å². The molecule has 1 amide bonds. The molecule has 2 heterocycles. The summed E-state index contributed by atoms with van der Waals surface area (Å²) in [7, 11) is 0. The molecule has 1 fully saturated rings. The molecule has 2 aliphatic heterocycles. The van der Waals surface area contributed by atoms with Gasteiger partial charge < -0.3 is 15.4 Å². The fourth-order valence-electron chi connectivity index (χ4n) is 2.53. The van der Waals surface area contributed by atoms with E-state index in [1.165, 1.54) is 0 Å². The number of benzene rings is 1. The zero-order chi connectivity index (χ0) is 11.7. The Hall–Kier alpha value is -1.55. The van der Waals surface area contributed by atoms with E-state index in [-0.39, 0.29) is 11.5 Å². The second-order valence-corrected chi connectivity index (χ2v) is 4.74. The third-order valence-corrected chi connectivity index (χ3v) is 3.46. The molecule has 1 aromatic carbocycles. The van der Waals surface area contributed by atoms with Gasteiger partial charge in [-0.2, -0.15) is 0 Å². The zero-order valence-electron chi connectivity index (χ0n) is 9.66. The van der Waals surface area contributed by atoms with Gasteiger partial charge in [-0.05, 0) is 31.5 Å². The smallest absolute Gasteiger partial charge is 0.255 e. The predicted octanol–water partition coefficient (Wildman–Crippen LogP) is 0.931. The molecule has 0 radical (unpaired) electrons. The van der Waals surface area contributed by atoms with Crippen molar-refractivity contribution in [2.24, 2.45) is 0 Å². The van der Waals surface area contributed by atoms with Gasteiger partial charge in [-0.1, -0.05) is 12.1 Å². The SMILES string of the molecule is O=C1NC[C@]2(CCCNC2)Oc2ccccc21. The summed E-state index contributed by atoms with van der Waals surface area (Å²) in [6.07, 6.45) is 2.06. The lowest BCUT2D eigenvalue weighted by Gasteiger charge is -2.36. The van der Waals surface area contributed by atoms with Crippen LogP contribution in [0.4, 0.5) is 0 Å². The van der Waals surface area contributed by atoms with Crippen LogP contribution in [0.3, 0.4) is 0 Å². The minimum Gasteiger partial charge on any atom is -0.483 e. The molecular formula is C13H16N2O2. The van der Waals surface area contributed by atoms with Crippen molar-refractivity contribution in [1.29, 1.82) is 0 Å². The highest BCUT2D eigenvalue weighted by Gasteiger charge is 2.37. The molecular weight excluding hydrogens is 216 g/mol. The maximum absolute atomic E-state index is 11.9. The average Bonchev–Trinajstić information content (AvgIpc) is 2.50. The second kappa shape index (κ2) is 4.04. The van der Waals surface area contributed by atoms with Gasteiger partial charge >= 0.3 is 0 Å². The van der Waals surface area contributed by atoms with Gasteiger partial charge in [-0.3, -0.25) is 4.79 Å². The molecule has 0 aromatic heterocycles. The Kier molecular flexibility index (Phi) is 2.52. The largest absolute Gasteiger partial charge is 0.483 e. The van der Waals surface area contributed by atoms with E-state index in [4.69, 9.17) is 4.74 Å². The number of carbonyl (C=O) groups is 1. The van der Waals surface area contributed by atoms with Crippen LogP contribution in [0.15, 0.2) is 24.3 Å². The fourth-order valence-corrected chi connectivity index (χ4v) is 2.53. The molecule has 4 nitrogen and oxygen atoms in total. The molecule has 17 heavy (non-hydrogen) atoms. The third-order valence-electron chi connectivity index (χ3n) is 3.46. The van der Waals surface area contributed by atoms with Crippen molar-refractivity contribution in [3.05, 3.63) is 29.8 Å². The van der Waals surface area contributed by atoms with E-state index >= 15 is 0 Å². The van der Waals surface area contributed by atoms with Crippen molar-refractivity contribution in [3.63, 3.8) is 0 Å². The van der Waals surface area contributed by atoms with Crippen LogP contribution >= 0.6 is 0 Å². The third kappa shape index (κ3) is 1.89. The molecule has 0 aliphatic carbocycles. The Morgan fingerprint density at radius 2 is 2.12 bits per heavy atom. The summed E-state index contributed by atoms with van der Waals surface area (Å²) in [5, 5.41) is 6.30. The summed E-state index contributed by atoms with van der Waals surface area (Å²) in [6.45, 7) is 2.40. The molecule has 0 saturated carbocycles. The zero-order valence-corrected chi connectivity index (χ0v) is 9.66. The minimum atomic E-state index is -0.277. The monoisotopic (exact) mass is 232 g/mol. The quantitative estimate of drug-likeness (QED) is 0.699. The maximum Gasteiger partial charge on any atom is 0.255 e. The standard InChI is InChI=1S/C13H16N2O2/c16-12-10-4-1-2-5-11(10)17-13(9-15-12)6-3-7-14-8-13/h1-2,4-5,14H,3,6-9H2,(H,15,16)/t13-/m1/s1. The molecule has 4 heteroatoms. The van der Waals surface area contributed by atoms with E-state index in [0.29, 0.717) is 17.9 Å². The summed E-state index contributed by atoms with van der Waals surface area (Å²) >= 11 is 0. The van der Waals surface area contributed by atoms with E-state index in [0.717, 1.165) is 25.9 Å². The van der Waals surface area contributed by atoms with Crippen molar-refractivity contribution < 1.29 is 9.53 Å². The molecule has 3 rings (SSSR count). The highest BCUT2D eigenvalue weighted by atomic mass is 16.5. The molecule has 90 valence electrons. The van der Waals surface area contributed by atoms with Gasteiger partial charge in [0.15, 0.2) is 0 Å². The Balaban J connectivity index is 1.96. The highest BCUT2D eigenvalue weighted by molar-refractivity contribution is 5.97. The second-order valence-electron chi connectivity index (χ2n) is 4.74. The minimum absolute atomic E-state index is 0.0388. The van der Waals surface area contributed by atoms with Gasteiger partial charge in [0.25, 0.3) is 5.91 Å². The van der Waals surface area contributed by atoms with Crippen LogP contribution in [0.2, 0.25) is 0 Å². The normalized spacial score (nSPS) is 27.9. The molecule has 1 aromatic rings. The van der Waals surface area contributed by atoms with Gasteiger partial charge in [0.05, 0.1) is 12.1 Å². The van der Waals surface area contributed by atoms with Crippen LogP contribution in [0.25, 0.3) is 0 Å². The number of hydrogen-bond acceptors (Lipinski definition) is 3. The first kappa shape index (κ1) is 10.6. The molecule has 2 N–H and O–H groups in total. The van der Waals surface area contributed by atoms with Gasteiger partial charge in [0, 0.05) is 6.54 Å². The van der Waals surface area contributed by atoms with Gasteiger partial charge in [0.1, 0.15) is 11.4 Å². The van der Waals surface area contributed by atoms with Crippen LogP contribution in [-0.4, -0.2) is 31.1 Å². The summed E-state index contributed by atoms with van der Waals surface area (Å²) < 4.78 is 6.11. The van der Waals surface area contributed by atoms with Gasteiger partial charge in [-0.15, -0.1) is 0 Å². The van der Waals surface area contributed by atoms with E-state index < -0.39 is 0 Å². The van der Waals surface area contributed by atoms with Crippen LogP contribution in [0.1, 0.15) is 23.2 Å². The van der Waals surface area contributed by atoms with Crippen molar-refractivity contribution in [2.75, 3.05) is 19.6 Å². The molecule has 0 unspecified atom stereocenters. The molecule has 2 aliphatic rings. The Morgan fingerprint density at radius 3 is 2.94 bits per heavy atom. The summed E-state index contributed by atoms with van der Waals surface area (Å²) in [4.78, 5) is 11.9.